The molecule has 1 fully saturated rings. The van der Waals surface area contributed by atoms with Crippen molar-refractivity contribution in [2.75, 3.05) is 13.2 Å². The number of rotatable bonds is 4. The zero-order chi connectivity index (χ0) is 10.6. The lowest BCUT2D eigenvalue weighted by atomic mass is 9.80. The highest BCUT2D eigenvalue weighted by Crippen LogP contribution is 2.42. The molecule has 0 unspecified atom stereocenters. The van der Waals surface area contributed by atoms with Crippen LogP contribution in [0.4, 0.5) is 0 Å². The van der Waals surface area contributed by atoms with Crippen molar-refractivity contribution in [2.24, 2.45) is 5.41 Å². The molecule has 4 nitrogen and oxygen atoms in total. The van der Waals surface area contributed by atoms with E-state index in [9.17, 15) is 9.90 Å². The van der Waals surface area contributed by atoms with Gasteiger partial charge in [0.05, 0.1) is 24.7 Å². The Hall–Kier alpha value is -0.610. The van der Waals surface area contributed by atoms with Crippen LogP contribution in [0.3, 0.4) is 0 Å². The molecule has 0 aromatic carbocycles. The van der Waals surface area contributed by atoms with E-state index in [1.54, 1.807) is 6.92 Å². The predicted molar refractivity (Wildman–Crippen MR) is 50.6 cm³/mol. The van der Waals surface area contributed by atoms with Crippen LogP contribution in [0.25, 0.3) is 0 Å². The van der Waals surface area contributed by atoms with E-state index in [1.165, 1.54) is 0 Å². The maximum atomic E-state index is 11.7. The van der Waals surface area contributed by atoms with Crippen LogP contribution in [0.1, 0.15) is 32.6 Å². The monoisotopic (exact) mass is 202 g/mol. The van der Waals surface area contributed by atoms with Crippen LogP contribution >= 0.6 is 0 Å². The highest BCUT2D eigenvalue weighted by molar-refractivity contribution is 5.78. The molecule has 0 heterocycles. The minimum Gasteiger partial charge on any atom is -0.465 e. The topological polar surface area (TPSA) is 66.8 Å². The number of esters is 1. The highest BCUT2D eigenvalue weighted by atomic mass is 16.5. The summed E-state index contributed by atoms with van der Waals surface area (Å²) in [6.45, 7) is 1.68. The van der Waals surface area contributed by atoms with Crippen molar-refractivity contribution in [1.82, 2.24) is 0 Å². The van der Waals surface area contributed by atoms with Crippen molar-refractivity contribution < 1.29 is 19.7 Å². The van der Waals surface area contributed by atoms with Gasteiger partial charge in [0.25, 0.3) is 0 Å². The van der Waals surface area contributed by atoms with Crippen molar-refractivity contribution in [3.8, 4) is 0 Å². The molecule has 82 valence electrons. The van der Waals surface area contributed by atoms with E-state index in [0.717, 1.165) is 12.8 Å². The second-order valence-electron chi connectivity index (χ2n) is 3.78. The average molecular weight is 202 g/mol. The van der Waals surface area contributed by atoms with Gasteiger partial charge in [0, 0.05) is 0 Å². The van der Waals surface area contributed by atoms with E-state index in [4.69, 9.17) is 9.84 Å². The van der Waals surface area contributed by atoms with Crippen LogP contribution in [0, 0.1) is 5.41 Å². The molecule has 4 heteroatoms. The lowest BCUT2D eigenvalue weighted by molar-refractivity contribution is -0.164. The van der Waals surface area contributed by atoms with Crippen LogP contribution in [0.2, 0.25) is 0 Å². The second kappa shape index (κ2) is 4.75. The van der Waals surface area contributed by atoms with Crippen molar-refractivity contribution >= 4 is 5.97 Å². The second-order valence-corrected chi connectivity index (χ2v) is 3.78. The van der Waals surface area contributed by atoms with Gasteiger partial charge >= 0.3 is 5.97 Å². The van der Waals surface area contributed by atoms with Crippen molar-refractivity contribution in [1.29, 1.82) is 0 Å². The summed E-state index contributed by atoms with van der Waals surface area (Å²) in [5.41, 5.74) is -0.842. The van der Waals surface area contributed by atoms with Crippen molar-refractivity contribution in [3.05, 3.63) is 0 Å². The van der Waals surface area contributed by atoms with E-state index in [0.29, 0.717) is 19.4 Å². The Bertz CT molecular complexity index is 196. The van der Waals surface area contributed by atoms with Gasteiger partial charge in [-0.2, -0.15) is 0 Å². The van der Waals surface area contributed by atoms with E-state index in [1.807, 2.05) is 0 Å². The number of carbonyl (C=O) groups excluding carboxylic acids is 1. The van der Waals surface area contributed by atoms with Crippen molar-refractivity contribution in [3.63, 3.8) is 0 Å². The molecule has 1 aliphatic carbocycles. The number of hydrogen-bond acceptors (Lipinski definition) is 4. The molecule has 0 aromatic rings. The normalized spacial score (nSPS) is 21.9. The standard InChI is InChI=1S/C10H18O4/c1-2-14-9(13)10(8(12)7-11)5-3-4-6-10/h8,11-12H,2-7H2,1H3/t8-/m1/s1. The Balaban J connectivity index is 2.75. The van der Waals surface area contributed by atoms with Gasteiger partial charge in [0.2, 0.25) is 0 Å². The number of ether oxygens (including phenoxy) is 1. The van der Waals surface area contributed by atoms with Gasteiger partial charge in [-0.15, -0.1) is 0 Å². The quantitative estimate of drug-likeness (QED) is 0.650. The molecule has 1 aliphatic rings. The third-order valence-corrected chi connectivity index (χ3v) is 2.99. The van der Waals surface area contributed by atoms with E-state index < -0.39 is 11.5 Å². The van der Waals surface area contributed by atoms with Crippen LogP contribution in [-0.4, -0.2) is 35.5 Å². The summed E-state index contributed by atoms with van der Waals surface area (Å²) in [4.78, 5) is 11.7. The Labute approximate surface area is 83.9 Å². The van der Waals surface area contributed by atoms with Gasteiger partial charge in [-0.25, -0.2) is 0 Å². The lowest BCUT2D eigenvalue weighted by Gasteiger charge is -2.30. The number of aliphatic hydroxyl groups excluding tert-OH is 2. The molecule has 0 amide bonds. The fourth-order valence-corrected chi connectivity index (χ4v) is 2.13. The molecule has 1 atom stereocenters. The van der Waals surface area contributed by atoms with Crippen LogP contribution in [0.15, 0.2) is 0 Å². The van der Waals surface area contributed by atoms with Gasteiger partial charge in [0.1, 0.15) is 0 Å². The zero-order valence-corrected chi connectivity index (χ0v) is 8.53. The SMILES string of the molecule is CCOC(=O)C1([C@H](O)CO)CCCC1. The summed E-state index contributed by atoms with van der Waals surface area (Å²) in [7, 11) is 0. The maximum Gasteiger partial charge on any atom is 0.314 e. The van der Waals surface area contributed by atoms with E-state index in [2.05, 4.69) is 0 Å². The molecule has 0 spiro atoms. The molecule has 0 bridgehead atoms. The molecule has 0 aromatic heterocycles. The fraction of sp³-hybridized carbons (Fsp3) is 0.900. The first-order chi connectivity index (χ1) is 6.67. The van der Waals surface area contributed by atoms with Gasteiger partial charge in [-0.3, -0.25) is 4.79 Å². The predicted octanol–water partition coefficient (Wildman–Crippen LogP) is 0.463. The Morgan fingerprint density at radius 3 is 2.50 bits per heavy atom. The molecule has 14 heavy (non-hydrogen) atoms. The molecular formula is C10H18O4. The number of carbonyl (C=O) groups is 1. The molecule has 0 aliphatic heterocycles. The number of aliphatic hydroxyl groups is 2. The summed E-state index contributed by atoms with van der Waals surface area (Å²) < 4.78 is 4.94. The molecular weight excluding hydrogens is 184 g/mol. The van der Waals surface area contributed by atoms with Crippen LogP contribution < -0.4 is 0 Å². The molecule has 2 N–H and O–H groups in total. The lowest BCUT2D eigenvalue weighted by Crippen LogP contribution is -2.43. The van der Waals surface area contributed by atoms with E-state index in [-0.39, 0.29) is 12.6 Å². The smallest absolute Gasteiger partial charge is 0.314 e. The first-order valence-corrected chi connectivity index (χ1v) is 5.13. The third kappa shape index (κ3) is 1.91. The summed E-state index contributed by atoms with van der Waals surface area (Å²) >= 11 is 0. The van der Waals surface area contributed by atoms with Gasteiger partial charge < -0.3 is 14.9 Å². The Morgan fingerprint density at radius 2 is 2.07 bits per heavy atom. The average Bonchev–Trinajstić information content (AvgIpc) is 2.67. The molecule has 0 radical (unpaired) electrons. The zero-order valence-electron chi connectivity index (χ0n) is 8.53. The fourth-order valence-electron chi connectivity index (χ4n) is 2.13. The Morgan fingerprint density at radius 1 is 1.50 bits per heavy atom. The largest absolute Gasteiger partial charge is 0.465 e. The minimum absolute atomic E-state index is 0.318. The van der Waals surface area contributed by atoms with Crippen LogP contribution in [-0.2, 0) is 9.53 Å². The molecule has 1 rings (SSSR count). The highest BCUT2D eigenvalue weighted by Gasteiger charge is 2.48. The minimum atomic E-state index is -0.982. The summed E-state index contributed by atoms with van der Waals surface area (Å²) in [6.07, 6.45) is 2.08. The third-order valence-electron chi connectivity index (χ3n) is 2.99. The first kappa shape index (κ1) is 11.5. The van der Waals surface area contributed by atoms with Crippen LogP contribution in [0.5, 0.6) is 0 Å². The number of hydrogen-bond donors (Lipinski definition) is 2. The maximum absolute atomic E-state index is 11.7. The van der Waals surface area contributed by atoms with Gasteiger partial charge in [-0.05, 0) is 19.8 Å². The molecule has 1 saturated carbocycles. The summed E-state index contributed by atoms with van der Waals surface area (Å²) in [6, 6.07) is 0. The Kier molecular flexibility index (Phi) is 3.89. The van der Waals surface area contributed by atoms with Gasteiger partial charge in [0.15, 0.2) is 0 Å². The van der Waals surface area contributed by atoms with Crippen molar-refractivity contribution in [2.45, 2.75) is 38.7 Å². The van der Waals surface area contributed by atoms with E-state index >= 15 is 0 Å². The van der Waals surface area contributed by atoms with Gasteiger partial charge in [-0.1, -0.05) is 12.8 Å². The summed E-state index contributed by atoms with van der Waals surface area (Å²) in [5, 5.41) is 18.6. The summed E-state index contributed by atoms with van der Waals surface area (Å²) in [5.74, 6) is -0.362. The molecule has 0 saturated heterocycles. The first-order valence-electron chi connectivity index (χ1n) is 5.13.